The van der Waals surface area contributed by atoms with E-state index in [9.17, 15) is 13.2 Å². The topological polar surface area (TPSA) is 37.8 Å². The first-order valence-electron chi connectivity index (χ1n) is 6.02. The van der Waals surface area contributed by atoms with Crippen LogP contribution in [0.2, 0.25) is 5.02 Å². The van der Waals surface area contributed by atoms with E-state index in [0.29, 0.717) is 16.5 Å². The van der Waals surface area contributed by atoms with Gasteiger partial charge in [0.1, 0.15) is 10.8 Å². The lowest BCUT2D eigenvalue weighted by Gasteiger charge is -2.11. The molecule has 3 nitrogen and oxygen atoms in total. The van der Waals surface area contributed by atoms with Gasteiger partial charge in [-0.25, -0.2) is 9.97 Å². The SMILES string of the molecule is CCNc1cc(Sc2ccccc2Cl)nc(C(F)(F)F)n1. The van der Waals surface area contributed by atoms with Crippen LogP contribution in [0.15, 0.2) is 40.3 Å². The van der Waals surface area contributed by atoms with Crippen LogP contribution in [0.3, 0.4) is 0 Å². The van der Waals surface area contributed by atoms with Crippen molar-refractivity contribution < 1.29 is 13.2 Å². The van der Waals surface area contributed by atoms with Gasteiger partial charge in [-0.2, -0.15) is 13.2 Å². The first-order valence-corrected chi connectivity index (χ1v) is 7.22. The summed E-state index contributed by atoms with van der Waals surface area (Å²) in [5, 5.41) is 3.40. The lowest BCUT2D eigenvalue weighted by molar-refractivity contribution is -0.145. The molecular formula is C13H11ClF3N3S. The zero-order valence-corrected chi connectivity index (χ0v) is 12.5. The molecule has 0 spiro atoms. The van der Waals surface area contributed by atoms with Crippen LogP contribution >= 0.6 is 23.4 Å². The molecule has 0 atom stereocenters. The van der Waals surface area contributed by atoms with Crippen LogP contribution in [0.1, 0.15) is 12.7 Å². The van der Waals surface area contributed by atoms with Gasteiger partial charge >= 0.3 is 6.18 Å². The number of benzene rings is 1. The van der Waals surface area contributed by atoms with E-state index in [4.69, 9.17) is 11.6 Å². The van der Waals surface area contributed by atoms with Crippen molar-refractivity contribution in [3.8, 4) is 0 Å². The molecule has 0 amide bonds. The molecule has 0 radical (unpaired) electrons. The monoisotopic (exact) mass is 333 g/mol. The lowest BCUT2D eigenvalue weighted by atomic mass is 10.4. The number of hydrogen-bond donors (Lipinski definition) is 1. The molecule has 0 saturated carbocycles. The smallest absolute Gasteiger partial charge is 0.370 e. The van der Waals surface area contributed by atoms with E-state index < -0.39 is 12.0 Å². The van der Waals surface area contributed by atoms with Crippen molar-refractivity contribution in [2.24, 2.45) is 0 Å². The molecule has 0 aliphatic rings. The molecular weight excluding hydrogens is 323 g/mol. The fraction of sp³-hybridized carbons (Fsp3) is 0.231. The summed E-state index contributed by atoms with van der Waals surface area (Å²) in [5.41, 5.74) is 0. The molecule has 2 rings (SSSR count). The number of rotatable bonds is 4. The third kappa shape index (κ3) is 4.25. The Kier molecular flexibility index (Phi) is 4.95. The van der Waals surface area contributed by atoms with Crippen molar-refractivity contribution in [1.82, 2.24) is 9.97 Å². The standard InChI is InChI=1S/C13H11ClF3N3S/c1-2-18-10-7-11(20-12(19-10)13(15,16)17)21-9-6-4-3-5-8(9)14/h3-7H,2H2,1H3,(H,18,19,20). The molecule has 1 heterocycles. The molecule has 0 unspecified atom stereocenters. The molecule has 0 fully saturated rings. The molecule has 1 aromatic carbocycles. The quantitative estimate of drug-likeness (QED) is 0.821. The highest BCUT2D eigenvalue weighted by Crippen LogP contribution is 2.35. The zero-order valence-electron chi connectivity index (χ0n) is 10.9. The molecule has 0 aliphatic heterocycles. The summed E-state index contributed by atoms with van der Waals surface area (Å²) in [7, 11) is 0. The van der Waals surface area contributed by atoms with Gasteiger partial charge in [0.15, 0.2) is 0 Å². The van der Waals surface area contributed by atoms with E-state index in [-0.39, 0.29) is 10.8 Å². The molecule has 8 heteroatoms. The Morgan fingerprint density at radius 2 is 1.95 bits per heavy atom. The van der Waals surface area contributed by atoms with Crippen LogP contribution in [0.5, 0.6) is 0 Å². The number of alkyl halides is 3. The number of halogens is 4. The molecule has 0 aliphatic carbocycles. The van der Waals surface area contributed by atoms with E-state index in [1.54, 1.807) is 31.2 Å². The number of aromatic nitrogens is 2. The highest BCUT2D eigenvalue weighted by atomic mass is 35.5. The molecule has 112 valence electrons. The van der Waals surface area contributed by atoms with Gasteiger partial charge in [0.05, 0.1) is 5.02 Å². The fourth-order valence-corrected chi connectivity index (χ4v) is 2.61. The minimum absolute atomic E-state index is 0.134. The van der Waals surface area contributed by atoms with E-state index in [1.165, 1.54) is 6.07 Å². The molecule has 0 saturated heterocycles. The number of hydrogen-bond acceptors (Lipinski definition) is 4. The van der Waals surface area contributed by atoms with Crippen molar-refractivity contribution in [1.29, 1.82) is 0 Å². The second-order valence-corrected chi connectivity index (χ2v) is 5.45. The zero-order chi connectivity index (χ0) is 15.5. The Bertz CT molecular complexity index is 634. The second kappa shape index (κ2) is 6.53. The van der Waals surface area contributed by atoms with Crippen molar-refractivity contribution in [3.05, 3.63) is 41.2 Å². The van der Waals surface area contributed by atoms with E-state index >= 15 is 0 Å². The van der Waals surface area contributed by atoms with E-state index in [0.717, 1.165) is 11.8 Å². The first kappa shape index (κ1) is 15.9. The van der Waals surface area contributed by atoms with Gasteiger partial charge in [-0.15, -0.1) is 0 Å². The molecule has 1 aromatic heterocycles. The fourth-order valence-electron chi connectivity index (χ4n) is 1.52. The minimum Gasteiger partial charge on any atom is -0.370 e. The molecule has 1 N–H and O–H groups in total. The van der Waals surface area contributed by atoms with Gasteiger partial charge in [0.25, 0.3) is 0 Å². The number of nitrogens with one attached hydrogen (secondary N) is 1. The summed E-state index contributed by atoms with van der Waals surface area (Å²) in [4.78, 5) is 7.65. The van der Waals surface area contributed by atoms with Gasteiger partial charge in [-0.05, 0) is 19.1 Å². The highest BCUT2D eigenvalue weighted by molar-refractivity contribution is 7.99. The lowest BCUT2D eigenvalue weighted by Crippen LogP contribution is -2.13. The Hall–Kier alpha value is -1.47. The average molecular weight is 334 g/mol. The van der Waals surface area contributed by atoms with Gasteiger partial charge < -0.3 is 5.32 Å². The maximum absolute atomic E-state index is 12.8. The van der Waals surface area contributed by atoms with Crippen molar-refractivity contribution >= 4 is 29.2 Å². The summed E-state index contributed by atoms with van der Waals surface area (Å²) in [5.74, 6) is -1.04. The van der Waals surface area contributed by atoms with Crippen LogP contribution in [0.4, 0.5) is 19.0 Å². The van der Waals surface area contributed by atoms with Gasteiger partial charge in [-0.3, -0.25) is 0 Å². The third-order valence-electron chi connectivity index (χ3n) is 2.37. The molecule has 0 bridgehead atoms. The van der Waals surface area contributed by atoms with Crippen LogP contribution in [0.25, 0.3) is 0 Å². The summed E-state index contributed by atoms with van der Waals surface area (Å²) < 4.78 is 38.5. The molecule has 21 heavy (non-hydrogen) atoms. The Balaban J connectivity index is 2.38. The Morgan fingerprint density at radius 1 is 1.24 bits per heavy atom. The minimum atomic E-state index is -4.60. The van der Waals surface area contributed by atoms with E-state index in [1.807, 2.05) is 0 Å². The largest absolute Gasteiger partial charge is 0.451 e. The summed E-state index contributed by atoms with van der Waals surface area (Å²) in [6, 6.07) is 8.35. The predicted molar refractivity (Wildman–Crippen MR) is 76.8 cm³/mol. The first-order chi connectivity index (χ1) is 9.90. The van der Waals surface area contributed by atoms with Crippen LogP contribution in [-0.2, 0) is 6.18 Å². The van der Waals surface area contributed by atoms with E-state index in [2.05, 4.69) is 15.3 Å². The molecule has 2 aromatic rings. The highest BCUT2D eigenvalue weighted by Gasteiger charge is 2.35. The summed E-state index contributed by atoms with van der Waals surface area (Å²) in [6.07, 6.45) is -4.60. The predicted octanol–water partition coefficient (Wildman–Crippen LogP) is 4.73. The summed E-state index contributed by atoms with van der Waals surface area (Å²) >= 11 is 7.06. The Labute approximate surface area is 128 Å². The van der Waals surface area contributed by atoms with Crippen molar-refractivity contribution in [2.45, 2.75) is 23.0 Å². The van der Waals surface area contributed by atoms with Gasteiger partial charge in [0, 0.05) is 17.5 Å². The average Bonchev–Trinajstić information content (AvgIpc) is 2.41. The van der Waals surface area contributed by atoms with Gasteiger partial charge in [0.2, 0.25) is 5.82 Å². The van der Waals surface area contributed by atoms with Gasteiger partial charge in [-0.1, -0.05) is 35.5 Å². The maximum atomic E-state index is 12.8. The van der Waals surface area contributed by atoms with Crippen LogP contribution < -0.4 is 5.32 Å². The third-order valence-corrected chi connectivity index (χ3v) is 3.80. The van der Waals surface area contributed by atoms with Crippen molar-refractivity contribution in [3.63, 3.8) is 0 Å². The van der Waals surface area contributed by atoms with Crippen molar-refractivity contribution in [2.75, 3.05) is 11.9 Å². The number of anilines is 1. The number of nitrogens with zero attached hydrogens (tertiary/aromatic N) is 2. The summed E-state index contributed by atoms with van der Waals surface area (Å²) in [6.45, 7) is 2.24. The van der Waals surface area contributed by atoms with Crippen LogP contribution in [0, 0.1) is 0 Å². The second-order valence-electron chi connectivity index (χ2n) is 3.98. The van der Waals surface area contributed by atoms with Crippen LogP contribution in [-0.4, -0.2) is 16.5 Å². The maximum Gasteiger partial charge on any atom is 0.451 e. The normalized spacial score (nSPS) is 11.5. The Morgan fingerprint density at radius 3 is 2.57 bits per heavy atom.